The van der Waals surface area contributed by atoms with E-state index in [4.69, 9.17) is 4.74 Å². The Balaban J connectivity index is 2.00. The van der Waals surface area contributed by atoms with Gasteiger partial charge >= 0.3 is 0 Å². The molecule has 0 aromatic carbocycles. The molecule has 2 aromatic rings. The zero-order chi connectivity index (χ0) is 20.4. The molecule has 4 N–H and O–H groups in total. The van der Waals surface area contributed by atoms with Crippen molar-refractivity contribution in [3.63, 3.8) is 0 Å². The van der Waals surface area contributed by atoms with Crippen LogP contribution in [-0.2, 0) is 9.53 Å². The number of likely N-dealkylation sites (N-methyl/N-ethyl adjacent to an activating group) is 1. The average Bonchev–Trinajstić information content (AvgIpc) is 3.22. The van der Waals surface area contributed by atoms with E-state index in [1.807, 2.05) is 13.8 Å². The molecule has 1 unspecified atom stereocenters. The molecule has 1 aliphatic rings. The number of hydrogen-bond acceptors (Lipinski definition) is 8. The molecule has 150 valence electrons. The molecule has 1 aliphatic heterocycles. The van der Waals surface area contributed by atoms with E-state index < -0.39 is 24.5 Å². The molecule has 10 nitrogen and oxygen atoms in total. The second-order valence-corrected chi connectivity index (χ2v) is 7.10. The van der Waals surface area contributed by atoms with Gasteiger partial charge in [-0.3, -0.25) is 4.79 Å². The van der Waals surface area contributed by atoms with Crippen molar-refractivity contribution in [1.29, 1.82) is 5.26 Å². The van der Waals surface area contributed by atoms with Crippen molar-refractivity contribution in [2.45, 2.75) is 44.7 Å². The van der Waals surface area contributed by atoms with Crippen LogP contribution in [0.15, 0.2) is 12.5 Å². The van der Waals surface area contributed by atoms with E-state index in [-0.39, 0.29) is 36.2 Å². The van der Waals surface area contributed by atoms with E-state index >= 15 is 0 Å². The molecule has 2 aromatic heterocycles. The summed E-state index contributed by atoms with van der Waals surface area (Å²) in [6, 6.07) is 1.67. The van der Waals surface area contributed by atoms with Gasteiger partial charge in [0, 0.05) is 12.6 Å². The SMILES string of the molecule is CNC(C(=O)Nc1ncnc2c1c(C#N)cn2[C@H]1C[C@@H](O)[C@@H](CO)O1)C(C)C. The maximum absolute atomic E-state index is 12.6. The van der Waals surface area contributed by atoms with Crippen LogP contribution in [0.4, 0.5) is 5.82 Å². The lowest BCUT2D eigenvalue weighted by atomic mass is 10.0. The van der Waals surface area contributed by atoms with Crippen molar-refractivity contribution in [2.75, 3.05) is 19.0 Å². The summed E-state index contributed by atoms with van der Waals surface area (Å²) in [5, 5.41) is 35.0. The molecule has 0 radical (unpaired) electrons. The van der Waals surface area contributed by atoms with Crippen LogP contribution in [0.2, 0.25) is 0 Å². The maximum atomic E-state index is 12.6. The number of amides is 1. The van der Waals surface area contributed by atoms with Crippen molar-refractivity contribution in [1.82, 2.24) is 19.9 Å². The molecule has 3 rings (SSSR count). The molecule has 0 saturated carbocycles. The standard InChI is InChI=1S/C18H24N6O4/c1-9(2)15(20-3)18(27)23-16-14-10(5-19)6-24(17(14)22-8-21-16)13-4-11(26)12(7-25)28-13/h6,8-9,11-13,15,20,25-26H,4,7H2,1-3H3,(H,21,22,23,27)/t11-,12-,13-,15?/m1/s1. The molecular weight excluding hydrogens is 364 g/mol. The smallest absolute Gasteiger partial charge is 0.242 e. The number of aromatic nitrogens is 3. The number of carbonyl (C=O) groups is 1. The highest BCUT2D eigenvalue weighted by Gasteiger charge is 2.36. The molecule has 4 atom stereocenters. The molecule has 0 bridgehead atoms. The van der Waals surface area contributed by atoms with E-state index in [0.717, 1.165) is 0 Å². The van der Waals surface area contributed by atoms with Crippen LogP contribution in [0.25, 0.3) is 11.0 Å². The van der Waals surface area contributed by atoms with Gasteiger partial charge < -0.3 is 30.2 Å². The summed E-state index contributed by atoms with van der Waals surface area (Å²) in [5.41, 5.74) is 0.685. The third kappa shape index (κ3) is 3.57. The minimum absolute atomic E-state index is 0.0613. The highest BCUT2D eigenvalue weighted by Crippen LogP contribution is 2.34. The Morgan fingerprint density at radius 2 is 2.25 bits per heavy atom. The Bertz CT molecular complexity index is 905. The molecule has 0 spiro atoms. The van der Waals surface area contributed by atoms with Gasteiger partial charge in [0.15, 0.2) is 0 Å². The second kappa shape index (κ2) is 8.20. The Hall–Kier alpha value is -2.58. The summed E-state index contributed by atoms with van der Waals surface area (Å²) < 4.78 is 7.31. The van der Waals surface area contributed by atoms with E-state index in [9.17, 15) is 20.3 Å². The van der Waals surface area contributed by atoms with Crippen LogP contribution in [0, 0.1) is 17.2 Å². The van der Waals surface area contributed by atoms with Gasteiger partial charge in [-0.05, 0) is 13.0 Å². The van der Waals surface area contributed by atoms with Crippen molar-refractivity contribution in [2.24, 2.45) is 5.92 Å². The van der Waals surface area contributed by atoms with Crippen LogP contribution < -0.4 is 10.6 Å². The van der Waals surface area contributed by atoms with Crippen LogP contribution in [-0.4, -0.2) is 62.6 Å². The maximum Gasteiger partial charge on any atom is 0.242 e. The number of ether oxygens (including phenoxy) is 1. The van der Waals surface area contributed by atoms with E-state index in [1.54, 1.807) is 17.8 Å². The number of aliphatic hydroxyl groups is 2. The first-order valence-corrected chi connectivity index (χ1v) is 9.09. The number of anilines is 1. The van der Waals surface area contributed by atoms with Gasteiger partial charge in [-0.1, -0.05) is 13.8 Å². The van der Waals surface area contributed by atoms with Gasteiger partial charge in [0.25, 0.3) is 0 Å². The molecule has 1 fully saturated rings. The molecule has 10 heteroatoms. The number of fused-ring (bicyclic) bond motifs is 1. The lowest BCUT2D eigenvalue weighted by Gasteiger charge is -2.19. The minimum atomic E-state index is -0.818. The van der Waals surface area contributed by atoms with Crippen molar-refractivity contribution in [3.05, 3.63) is 18.1 Å². The molecule has 28 heavy (non-hydrogen) atoms. The summed E-state index contributed by atoms with van der Waals surface area (Å²) in [5.74, 6) is 0.0385. The fraction of sp³-hybridized carbons (Fsp3) is 0.556. The summed E-state index contributed by atoms with van der Waals surface area (Å²) in [4.78, 5) is 21.0. The van der Waals surface area contributed by atoms with Crippen molar-refractivity contribution in [3.8, 4) is 6.07 Å². The zero-order valence-electron chi connectivity index (χ0n) is 16.0. The molecule has 1 amide bonds. The number of hydrogen-bond donors (Lipinski definition) is 4. The number of nitrogens with one attached hydrogen (secondary N) is 2. The predicted molar refractivity (Wildman–Crippen MR) is 100 cm³/mol. The first-order valence-electron chi connectivity index (χ1n) is 9.09. The van der Waals surface area contributed by atoms with E-state index in [2.05, 4.69) is 26.7 Å². The third-order valence-electron chi connectivity index (χ3n) is 4.93. The van der Waals surface area contributed by atoms with Crippen molar-refractivity contribution >= 4 is 22.8 Å². The van der Waals surface area contributed by atoms with Gasteiger partial charge in [-0.15, -0.1) is 0 Å². The average molecular weight is 388 g/mol. The van der Waals surface area contributed by atoms with Gasteiger partial charge in [0.1, 0.15) is 36.2 Å². The van der Waals surface area contributed by atoms with Crippen LogP contribution in [0.5, 0.6) is 0 Å². The first kappa shape index (κ1) is 20.2. The van der Waals surface area contributed by atoms with Gasteiger partial charge in [-0.25, -0.2) is 9.97 Å². The van der Waals surface area contributed by atoms with Crippen LogP contribution in [0.3, 0.4) is 0 Å². The molecule has 3 heterocycles. The fourth-order valence-electron chi connectivity index (χ4n) is 3.50. The van der Waals surface area contributed by atoms with Gasteiger partial charge in [0.05, 0.1) is 29.7 Å². The minimum Gasteiger partial charge on any atom is -0.394 e. The largest absolute Gasteiger partial charge is 0.394 e. The quantitative estimate of drug-likeness (QED) is 0.546. The third-order valence-corrected chi connectivity index (χ3v) is 4.93. The highest BCUT2D eigenvalue weighted by atomic mass is 16.5. The molecule has 0 aliphatic carbocycles. The topological polar surface area (TPSA) is 145 Å². The van der Waals surface area contributed by atoms with Gasteiger partial charge in [0.2, 0.25) is 5.91 Å². The lowest BCUT2D eigenvalue weighted by molar-refractivity contribution is -0.118. The van der Waals surface area contributed by atoms with Crippen LogP contribution in [0.1, 0.15) is 32.1 Å². The second-order valence-electron chi connectivity index (χ2n) is 7.10. The monoisotopic (exact) mass is 388 g/mol. The van der Waals surface area contributed by atoms with E-state index in [0.29, 0.717) is 11.0 Å². The number of rotatable bonds is 6. The summed E-state index contributed by atoms with van der Waals surface area (Å²) in [6.45, 7) is 3.54. The Morgan fingerprint density at radius 1 is 1.50 bits per heavy atom. The Labute approximate surface area is 162 Å². The van der Waals surface area contributed by atoms with E-state index in [1.165, 1.54) is 6.33 Å². The fourth-order valence-corrected chi connectivity index (χ4v) is 3.50. The molecular formula is C18H24N6O4. The normalized spacial score (nSPS) is 23.1. The number of nitrogens with zero attached hydrogens (tertiary/aromatic N) is 4. The van der Waals surface area contributed by atoms with Crippen molar-refractivity contribution < 1.29 is 19.7 Å². The number of carbonyl (C=O) groups excluding carboxylic acids is 1. The highest BCUT2D eigenvalue weighted by molar-refractivity contribution is 6.02. The summed E-state index contributed by atoms with van der Waals surface area (Å²) in [7, 11) is 1.71. The Morgan fingerprint density at radius 3 is 2.82 bits per heavy atom. The lowest BCUT2D eigenvalue weighted by Crippen LogP contribution is -2.42. The number of aliphatic hydroxyl groups excluding tert-OH is 2. The predicted octanol–water partition coefficient (Wildman–Crippen LogP) is 0.126. The Kier molecular flexibility index (Phi) is 5.90. The summed E-state index contributed by atoms with van der Waals surface area (Å²) in [6.07, 6.45) is 1.01. The van der Waals surface area contributed by atoms with Crippen LogP contribution >= 0.6 is 0 Å². The number of nitriles is 1. The zero-order valence-corrected chi connectivity index (χ0v) is 16.0. The molecule has 1 saturated heterocycles. The first-order chi connectivity index (χ1) is 13.4. The summed E-state index contributed by atoms with van der Waals surface area (Å²) >= 11 is 0. The van der Waals surface area contributed by atoms with Gasteiger partial charge in [-0.2, -0.15) is 5.26 Å².